The van der Waals surface area contributed by atoms with Crippen LogP contribution in [0.5, 0.6) is 5.75 Å². The van der Waals surface area contributed by atoms with Crippen LogP contribution in [0.25, 0.3) is 22.2 Å². The van der Waals surface area contributed by atoms with Crippen LogP contribution < -0.4 is 10.1 Å². The van der Waals surface area contributed by atoms with Gasteiger partial charge in [-0.15, -0.1) is 0 Å². The molecule has 1 unspecified atom stereocenters. The number of nitrogens with zero attached hydrogens (tertiary/aromatic N) is 4. The molecule has 44 heavy (non-hydrogen) atoms. The molecule has 2 aliphatic heterocycles. The molecule has 2 bridgehead atoms. The number of imidazole rings is 1. The van der Waals surface area contributed by atoms with Crippen LogP contribution in [0.1, 0.15) is 87.1 Å². The minimum Gasteiger partial charge on any atom is -0.434 e. The average molecular weight is 624 g/mol. The molecule has 0 radical (unpaired) electrons. The Hall–Kier alpha value is -3.77. The van der Waals surface area contributed by atoms with Gasteiger partial charge < -0.3 is 19.0 Å². The number of amides is 1. The van der Waals surface area contributed by atoms with Gasteiger partial charge in [-0.1, -0.05) is 33.8 Å². The third-order valence-corrected chi connectivity index (χ3v) is 14.0. The van der Waals surface area contributed by atoms with Crippen molar-refractivity contribution in [3.63, 3.8) is 0 Å². The number of hydrogen-bond acceptors (Lipinski definition) is 6. The average Bonchev–Trinajstić information content (AvgIpc) is 3.42. The lowest BCUT2D eigenvalue weighted by atomic mass is 9.97. The van der Waals surface area contributed by atoms with E-state index >= 15 is 4.39 Å². The molecule has 2 aromatic heterocycles. The van der Waals surface area contributed by atoms with Crippen molar-refractivity contribution in [3.05, 3.63) is 71.3 Å². The first-order valence-electron chi connectivity index (χ1n) is 14.8. The second-order valence-corrected chi connectivity index (χ2v) is 18.0. The molecular formula is C32H36F3N5O3Si. The number of alkyl halides is 2. The highest BCUT2D eigenvalue weighted by atomic mass is 28.4. The van der Waals surface area contributed by atoms with Crippen molar-refractivity contribution in [3.8, 4) is 16.9 Å². The molecule has 0 saturated carbocycles. The Morgan fingerprint density at radius 1 is 1.11 bits per heavy atom. The lowest BCUT2D eigenvalue weighted by Gasteiger charge is -2.43. The zero-order valence-corrected chi connectivity index (χ0v) is 26.8. The third-order valence-electron chi connectivity index (χ3n) is 9.45. The third kappa shape index (κ3) is 4.88. The Kier molecular flexibility index (Phi) is 7.16. The molecule has 4 heterocycles. The van der Waals surface area contributed by atoms with Gasteiger partial charge >= 0.3 is 6.61 Å². The van der Waals surface area contributed by atoms with Crippen molar-refractivity contribution in [1.82, 2.24) is 24.8 Å². The highest BCUT2D eigenvalue weighted by Crippen LogP contribution is 2.48. The van der Waals surface area contributed by atoms with Gasteiger partial charge in [0.2, 0.25) is 0 Å². The van der Waals surface area contributed by atoms with Gasteiger partial charge in [0.1, 0.15) is 23.0 Å². The summed E-state index contributed by atoms with van der Waals surface area (Å²) >= 11 is 0. The quantitative estimate of drug-likeness (QED) is 0.213. The Morgan fingerprint density at radius 3 is 2.45 bits per heavy atom. The van der Waals surface area contributed by atoms with Gasteiger partial charge in [0, 0.05) is 40.7 Å². The minimum absolute atomic E-state index is 0.000416. The molecule has 4 aromatic rings. The van der Waals surface area contributed by atoms with Gasteiger partial charge in [-0.25, -0.2) is 19.3 Å². The summed E-state index contributed by atoms with van der Waals surface area (Å²) in [5, 5.41) is 2.95. The number of fused-ring (bicyclic) bond motifs is 9. The van der Waals surface area contributed by atoms with Crippen molar-refractivity contribution in [1.29, 1.82) is 0 Å². The van der Waals surface area contributed by atoms with E-state index in [9.17, 15) is 13.6 Å². The first-order chi connectivity index (χ1) is 20.6. The van der Waals surface area contributed by atoms with Crippen molar-refractivity contribution in [2.45, 2.75) is 89.9 Å². The molecule has 0 aliphatic carbocycles. The number of hydrogen-bond donors (Lipinski definition) is 1. The van der Waals surface area contributed by atoms with Crippen LogP contribution in [-0.4, -0.2) is 40.4 Å². The Bertz CT molecular complexity index is 1770. The molecule has 0 saturated heterocycles. The normalized spacial score (nSPS) is 19.4. The smallest absolute Gasteiger partial charge is 0.387 e. The van der Waals surface area contributed by atoms with Crippen LogP contribution in [0, 0.1) is 5.82 Å². The molecule has 1 N–H and O–H groups in total. The van der Waals surface area contributed by atoms with Gasteiger partial charge in [0.05, 0.1) is 23.1 Å². The number of halogens is 3. The summed E-state index contributed by atoms with van der Waals surface area (Å²) in [6, 6.07) is 6.55. The number of benzene rings is 2. The van der Waals surface area contributed by atoms with Gasteiger partial charge in [-0.2, -0.15) is 8.78 Å². The SMILES string of the molecule is CCC(C)(O[Si](C)(C)C(C)(C)C)c1ncc(-c2cc3c(cc2F)nc2n3[C@@H]3C[C@H]2NC(=O)c2cccc(OC(F)F)c23)cn1. The molecule has 232 valence electrons. The summed E-state index contributed by atoms with van der Waals surface area (Å²) in [5.41, 5.74) is 1.64. The van der Waals surface area contributed by atoms with E-state index in [2.05, 4.69) is 54.1 Å². The lowest BCUT2D eigenvalue weighted by Crippen LogP contribution is -2.47. The predicted molar refractivity (Wildman–Crippen MR) is 163 cm³/mol. The van der Waals surface area contributed by atoms with Crippen molar-refractivity contribution in [2.24, 2.45) is 0 Å². The van der Waals surface area contributed by atoms with Crippen LogP contribution in [0.4, 0.5) is 13.2 Å². The summed E-state index contributed by atoms with van der Waals surface area (Å²) in [5.74, 6) is 0.0877. The Morgan fingerprint density at radius 2 is 1.82 bits per heavy atom. The van der Waals surface area contributed by atoms with Crippen LogP contribution >= 0.6 is 0 Å². The van der Waals surface area contributed by atoms with Gasteiger partial charge in [-0.05, 0) is 56.1 Å². The molecule has 0 spiro atoms. The molecule has 1 amide bonds. The van der Waals surface area contributed by atoms with Crippen molar-refractivity contribution < 1.29 is 27.1 Å². The monoisotopic (exact) mass is 623 g/mol. The van der Waals surface area contributed by atoms with E-state index in [0.717, 1.165) is 0 Å². The van der Waals surface area contributed by atoms with E-state index in [1.165, 1.54) is 18.2 Å². The summed E-state index contributed by atoms with van der Waals surface area (Å²) in [6.07, 6.45) is 4.27. The van der Waals surface area contributed by atoms with Crippen LogP contribution in [0.15, 0.2) is 42.7 Å². The number of carbonyl (C=O) groups is 1. The largest absolute Gasteiger partial charge is 0.434 e. The highest BCUT2D eigenvalue weighted by molar-refractivity contribution is 6.74. The first kappa shape index (κ1) is 30.3. The van der Waals surface area contributed by atoms with Gasteiger partial charge in [-0.3, -0.25) is 4.79 Å². The van der Waals surface area contributed by atoms with Crippen LogP contribution in [-0.2, 0) is 10.0 Å². The molecule has 0 fully saturated rings. The molecule has 6 rings (SSSR count). The number of carbonyl (C=O) groups excluding carboxylic acids is 1. The van der Waals surface area contributed by atoms with Crippen molar-refractivity contribution in [2.75, 3.05) is 0 Å². The lowest BCUT2D eigenvalue weighted by molar-refractivity contribution is -0.0507. The molecule has 8 nitrogen and oxygen atoms in total. The van der Waals surface area contributed by atoms with E-state index in [0.29, 0.717) is 46.7 Å². The van der Waals surface area contributed by atoms with E-state index < -0.39 is 44.3 Å². The molecule has 3 atom stereocenters. The zero-order chi connectivity index (χ0) is 31.8. The molecular weight excluding hydrogens is 587 g/mol. The van der Waals surface area contributed by atoms with E-state index in [1.54, 1.807) is 24.5 Å². The topological polar surface area (TPSA) is 91.2 Å². The fourth-order valence-electron chi connectivity index (χ4n) is 5.99. The maximum atomic E-state index is 15.6. The number of aromatic nitrogens is 4. The number of rotatable bonds is 7. The van der Waals surface area contributed by atoms with Gasteiger partial charge in [0.25, 0.3) is 5.91 Å². The summed E-state index contributed by atoms with van der Waals surface area (Å²) in [4.78, 5) is 27.0. The Balaban J connectivity index is 1.42. The maximum absolute atomic E-state index is 15.6. The standard InChI is InChI=1S/C32H36F3N5O3Si/c1-8-32(5,43-44(6,7)31(2,3)4)29-36-15-17(16-37-29)19-12-23-21(13-20(19)33)38-27-22-14-24(40(23)27)26-18(28(41)39-22)10-9-11-25(26)42-30(34)35/h9-13,15-16,22,24,30H,8,14H2,1-7H3,(H,39,41)/t22-,24-,32?/m1/s1. The van der Waals surface area contributed by atoms with E-state index in [1.807, 2.05) is 18.4 Å². The fraction of sp³-hybridized carbons (Fsp3) is 0.438. The second kappa shape index (κ2) is 10.4. The number of nitrogens with one attached hydrogen (secondary N) is 1. The van der Waals surface area contributed by atoms with E-state index in [-0.39, 0.29) is 21.9 Å². The summed E-state index contributed by atoms with van der Waals surface area (Å²) in [7, 11) is -2.15. The molecule has 2 aromatic carbocycles. The summed E-state index contributed by atoms with van der Waals surface area (Å²) < 4.78 is 55.8. The van der Waals surface area contributed by atoms with Crippen molar-refractivity contribution >= 4 is 25.3 Å². The summed E-state index contributed by atoms with van der Waals surface area (Å²) in [6.45, 7) is 11.9. The maximum Gasteiger partial charge on any atom is 0.387 e. The first-order valence-corrected chi connectivity index (χ1v) is 17.7. The van der Waals surface area contributed by atoms with Gasteiger partial charge in [0.15, 0.2) is 14.1 Å². The predicted octanol–water partition coefficient (Wildman–Crippen LogP) is 7.66. The molecule has 2 aliphatic rings. The van der Waals surface area contributed by atoms with E-state index in [4.69, 9.17) is 9.16 Å². The Labute approximate surface area is 255 Å². The minimum atomic E-state index is -3.06. The molecule has 12 heteroatoms. The zero-order valence-electron chi connectivity index (χ0n) is 25.8. The van der Waals surface area contributed by atoms with Crippen LogP contribution in [0.3, 0.4) is 0 Å². The fourth-order valence-corrected chi connectivity index (χ4v) is 7.65. The second-order valence-electron chi connectivity index (χ2n) is 13.3. The highest BCUT2D eigenvalue weighted by Gasteiger charge is 2.45. The number of ether oxygens (including phenoxy) is 1. The van der Waals surface area contributed by atoms with Crippen LogP contribution in [0.2, 0.25) is 18.1 Å².